The van der Waals surface area contributed by atoms with Crippen LogP contribution in [0.5, 0.6) is 0 Å². The molecular weight excluding hydrogens is 384 g/mol. The molecule has 27 heavy (non-hydrogen) atoms. The molecule has 1 N–H and O–H groups in total. The predicted molar refractivity (Wildman–Crippen MR) is 108 cm³/mol. The number of halogens is 1. The lowest BCUT2D eigenvalue weighted by atomic mass is 10.2. The summed E-state index contributed by atoms with van der Waals surface area (Å²) >= 11 is 7.55. The molecule has 2 aromatic carbocycles. The normalized spacial score (nSPS) is 10.7. The molecule has 0 aliphatic rings. The quantitative estimate of drug-likeness (QED) is 0.578. The summed E-state index contributed by atoms with van der Waals surface area (Å²) in [5, 5.41) is 4.22. The molecule has 140 valence electrons. The van der Waals surface area contributed by atoms with Crippen LogP contribution in [0.25, 0.3) is 10.2 Å². The van der Waals surface area contributed by atoms with E-state index in [0.29, 0.717) is 23.6 Å². The van der Waals surface area contributed by atoms with Crippen LogP contribution in [0.2, 0.25) is 5.02 Å². The summed E-state index contributed by atoms with van der Waals surface area (Å²) in [4.78, 5) is 28.3. The minimum Gasteiger partial charge on any atom is -0.456 e. The van der Waals surface area contributed by atoms with E-state index < -0.39 is 5.97 Å². The topological polar surface area (TPSA) is 68.3 Å². The van der Waals surface area contributed by atoms with Gasteiger partial charge in [-0.1, -0.05) is 29.8 Å². The van der Waals surface area contributed by atoms with Gasteiger partial charge in [-0.05, 0) is 49.6 Å². The number of nitrogens with zero attached hydrogens (tertiary/aromatic N) is 1. The second-order valence-electron chi connectivity index (χ2n) is 6.10. The van der Waals surface area contributed by atoms with Crippen molar-refractivity contribution in [1.29, 1.82) is 0 Å². The zero-order valence-corrected chi connectivity index (χ0v) is 16.4. The maximum absolute atomic E-state index is 11.9. The van der Waals surface area contributed by atoms with Gasteiger partial charge in [-0.2, -0.15) is 0 Å². The van der Waals surface area contributed by atoms with Crippen molar-refractivity contribution in [2.45, 2.75) is 26.2 Å². The lowest BCUT2D eigenvalue weighted by Gasteiger charge is -2.09. The molecular formula is C20H19ClN2O3S. The van der Waals surface area contributed by atoms with Crippen LogP contribution >= 0.6 is 22.9 Å². The van der Waals surface area contributed by atoms with Crippen molar-refractivity contribution < 1.29 is 14.3 Å². The lowest BCUT2D eigenvalue weighted by Crippen LogP contribution is -2.21. The average molecular weight is 403 g/mol. The zero-order valence-electron chi connectivity index (χ0n) is 14.8. The highest BCUT2D eigenvalue weighted by molar-refractivity contribution is 7.18. The first-order valence-corrected chi connectivity index (χ1v) is 9.77. The number of benzene rings is 2. The highest BCUT2D eigenvalue weighted by atomic mass is 35.5. The Kier molecular flexibility index (Phi) is 6.42. The number of hydrogen-bond acceptors (Lipinski definition) is 5. The summed E-state index contributed by atoms with van der Waals surface area (Å²) in [5.74, 6) is -0.783. The first kappa shape index (κ1) is 19.3. The van der Waals surface area contributed by atoms with Gasteiger partial charge in [0.2, 0.25) is 0 Å². The van der Waals surface area contributed by atoms with Crippen molar-refractivity contribution in [2.24, 2.45) is 0 Å². The number of anilines is 1. The van der Waals surface area contributed by atoms with Gasteiger partial charge in [0.05, 0.1) is 15.2 Å². The molecule has 7 heteroatoms. The molecule has 0 saturated heterocycles. The number of aromatic nitrogens is 1. The van der Waals surface area contributed by atoms with Crippen molar-refractivity contribution in [3.8, 4) is 0 Å². The van der Waals surface area contributed by atoms with E-state index in [-0.39, 0.29) is 18.9 Å². The van der Waals surface area contributed by atoms with E-state index in [9.17, 15) is 9.59 Å². The van der Waals surface area contributed by atoms with Gasteiger partial charge < -0.3 is 10.1 Å². The van der Waals surface area contributed by atoms with Gasteiger partial charge >= 0.3 is 5.97 Å². The Morgan fingerprint density at radius 2 is 2.04 bits per heavy atom. The van der Waals surface area contributed by atoms with E-state index >= 15 is 0 Å². The van der Waals surface area contributed by atoms with E-state index in [4.69, 9.17) is 16.3 Å². The van der Waals surface area contributed by atoms with Crippen LogP contribution < -0.4 is 5.32 Å². The Balaban J connectivity index is 1.40. The fourth-order valence-corrected chi connectivity index (χ4v) is 3.73. The number of amides is 1. The minimum absolute atomic E-state index is 0.249. The van der Waals surface area contributed by atoms with Gasteiger partial charge in [0.1, 0.15) is 0 Å². The third kappa shape index (κ3) is 5.52. The number of aryl methyl sites for hydroxylation is 2. The molecule has 0 atom stereocenters. The van der Waals surface area contributed by atoms with E-state index in [2.05, 4.69) is 10.3 Å². The molecule has 1 heterocycles. The second kappa shape index (κ2) is 8.97. The Labute approximate surface area is 166 Å². The number of esters is 1. The number of hydrogen-bond donors (Lipinski definition) is 1. The monoisotopic (exact) mass is 402 g/mol. The van der Waals surface area contributed by atoms with E-state index in [1.165, 1.54) is 0 Å². The summed E-state index contributed by atoms with van der Waals surface area (Å²) in [6.07, 6.45) is 1.59. The third-order valence-electron chi connectivity index (χ3n) is 3.95. The maximum atomic E-state index is 11.9. The standard InChI is InChI=1S/C20H19ClN2O3S/c1-13-9-10-14(21)11-16(13)22-18(24)12-26-20(25)8-4-7-19-23-15-5-2-3-6-17(15)27-19/h2-3,5-6,9-11H,4,7-8,12H2,1H3,(H,22,24). The maximum Gasteiger partial charge on any atom is 0.306 e. The molecule has 1 amide bonds. The van der Waals surface area contributed by atoms with Crippen LogP contribution in [0.4, 0.5) is 5.69 Å². The molecule has 5 nitrogen and oxygen atoms in total. The predicted octanol–water partition coefficient (Wildman–Crippen LogP) is 4.76. The largest absolute Gasteiger partial charge is 0.456 e. The van der Waals surface area contributed by atoms with Crippen LogP contribution in [-0.2, 0) is 20.7 Å². The van der Waals surface area contributed by atoms with Gasteiger partial charge in [0, 0.05) is 17.1 Å². The van der Waals surface area contributed by atoms with Crippen LogP contribution in [0.3, 0.4) is 0 Å². The Hall–Kier alpha value is -2.44. The summed E-state index contributed by atoms with van der Waals surface area (Å²) < 4.78 is 6.18. The fourth-order valence-electron chi connectivity index (χ4n) is 2.54. The molecule has 0 saturated carbocycles. The lowest BCUT2D eigenvalue weighted by molar-refractivity contribution is -0.147. The molecule has 0 aliphatic heterocycles. The average Bonchev–Trinajstić information content (AvgIpc) is 3.06. The van der Waals surface area contributed by atoms with Crippen molar-refractivity contribution in [3.05, 3.63) is 58.1 Å². The highest BCUT2D eigenvalue weighted by Crippen LogP contribution is 2.23. The van der Waals surface area contributed by atoms with Gasteiger partial charge in [0.25, 0.3) is 5.91 Å². The van der Waals surface area contributed by atoms with Crippen LogP contribution in [0.1, 0.15) is 23.4 Å². The second-order valence-corrected chi connectivity index (χ2v) is 7.65. The number of ether oxygens (including phenoxy) is 1. The van der Waals surface area contributed by atoms with E-state index in [0.717, 1.165) is 20.8 Å². The summed E-state index contributed by atoms with van der Waals surface area (Å²) in [6, 6.07) is 13.2. The summed E-state index contributed by atoms with van der Waals surface area (Å²) in [5.41, 5.74) is 2.47. The van der Waals surface area contributed by atoms with Crippen molar-refractivity contribution in [1.82, 2.24) is 4.98 Å². The number of fused-ring (bicyclic) bond motifs is 1. The summed E-state index contributed by atoms with van der Waals surface area (Å²) in [6.45, 7) is 1.55. The van der Waals surface area contributed by atoms with Crippen molar-refractivity contribution in [3.63, 3.8) is 0 Å². The zero-order chi connectivity index (χ0) is 19.2. The first-order chi connectivity index (χ1) is 13.0. The molecule has 0 unspecified atom stereocenters. The summed E-state index contributed by atoms with van der Waals surface area (Å²) in [7, 11) is 0. The Bertz CT molecular complexity index is 938. The van der Waals surface area contributed by atoms with Crippen molar-refractivity contribution >= 4 is 50.7 Å². The van der Waals surface area contributed by atoms with Gasteiger partial charge in [-0.15, -0.1) is 11.3 Å². The first-order valence-electron chi connectivity index (χ1n) is 8.57. The molecule has 3 aromatic rings. The Morgan fingerprint density at radius 3 is 2.85 bits per heavy atom. The van der Waals surface area contributed by atoms with Gasteiger partial charge in [-0.3, -0.25) is 9.59 Å². The minimum atomic E-state index is -0.394. The highest BCUT2D eigenvalue weighted by Gasteiger charge is 2.10. The molecule has 1 aromatic heterocycles. The van der Waals surface area contributed by atoms with E-state index in [1.54, 1.807) is 23.5 Å². The third-order valence-corrected chi connectivity index (χ3v) is 5.28. The number of nitrogens with one attached hydrogen (secondary N) is 1. The smallest absolute Gasteiger partial charge is 0.306 e. The van der Waals surface area contributed by atoms with Gasteiger partial charge in [-0.25, -0.2) is 4.98 Å². The van der Waals surface area contributed by atoms with Crippen LogP contribution in [0.15, 0.2) is 42.5 Å². The molecule has 0 aliphatic carbocycles. The van der Waals surface area contributed by atoms with Crippen molar-refractivity contribution in [2.75, 3.05) is 11.9 Å². The van der Waals surface area contributed by atoms with Crippen LogP contribution in [0, 0.1) is 6.92 Å². The van der Waals surface area contributed by atoms with E-state index in [1.807, 2.05) is 37.3 Å². The molecule has 0 spiro atoms. The SMILES string of the molecule is Cc1ccc(Cl)cc1NC(=O)COC(=O)CCCc1nc2ccccc2s1. The van der Waals surface area contributed by atoms with Crippen LogP contribution in [-0.4, -0.2) is 23.5 Å². The number of carbonyl (C=O) groups excluding carboxylic acids is 2. The molecule has 3 rings (SSSR count). The number of carbonyl (C=O) groups is 2. The number of rotatable bonds is 7. The molecule has 0 radical (unpaired) electrons. The number of para-hydroxylation sites is 1. The molecule has 0 bridgehead atoms. The number of thiazole rings is 1. The van der Waals surface area contributed by atoms with Gasteiger partial charge in [0.15, 0.2) is 6.61 Å². The fraction of sp³-hybridized carbons (Fsp3) is 0.250. The molecule has 0 fully saturated rings. The Morgan fingerprint density at radius 1 is 1.22 bits per heavy atom.